The molecule has 0 radical (unpaired) electrons. The van der Waals surface area contributed by atoms with Gasteiger partial charge in [-0.2, -0.15) is 0 Å². The Bertz CT molecular complexity index is 2230. The first-order chi connectivity index (χ1) is 29.4. The van der Waals surface area contributed by atoms with Gasteiger partial charge in [0, 0.05) is 42.9 Å². The van der Waals surface area contributed by atoms with Crippen LogP contribution in [0.4, 0.5) is 4.79 Å². The number of aryl methyl sites for hydroxylation is 2. The lowest BCUT2D eigenvalue weighted by atomic mass is 9.87. The van der Waals surface area contributed by atoms with Crippen molar-refractivity contribution < 1.29 is 46.5 Å². The Labute approximate surface area is 364 Å². The average Bonchev–Trinajstić information content (AvgIpc) is 4.11. The van der Waals surface area contributed by atoms with Crippen LogP contribution in [0, 0.1) is 12.8 Å². The third-order valence-electron chi connectivity index (χ3n) is 13.4. The van der Waals surface area contributed by atoms with Gasteiger partial charge in [0.25, 0.3) is 5.91 Å². The molecule has 6 aliphatic rings. The van der Waals surface area contributed by atoms with Crippen LogP contribution in [0.3, 0.4) is 0 Å². The first kappa shape index (κ1) is 44.1. The zero-order valence-electron chi connectivity index (χ0n) is 36.7. The van der Waals surface area contributed by atoms with Gasteiger partial charge in [0.05, 0.1) is 35.7 Å². The van der Waals surface area contributed by atoms with Crippen LogP contribution in [0.15, 0.2) is 30.4 Å². The van der Waals surface area contributed by atoms with E-state index >= 15 is 0 Å². The minimum absolute atomic E-state index is 0.0350. The number of carbonyl (C=O) groups excluding carboxylic acids is 4. The van der Waals surface area contributed by atoms with Gasteiger partial charge < -0.3 is 34.5 Å². The van der Waals surface area contributed by atoms with Gasteiger partial charge in [-0.05, 0) is 104 Å². The molecule has 8 rings (SSSR count). The van der Waals surface area contributed by atoms with Crippen LogP contribution in [0.1, 0.15) is 103 Å². The van der Waals surface area contributed by atoms with E-state index in [4.69, 9.17) is 23.9 Å². The van der Waals surface area contributed by atoms with E-state index in [0.29, 0.717) is 63.0 Å². The number of benzene rings is 1. The van der Waals surface area contributed by atoms with Gasteiger partial charge in [0.15, 0.2) is 0 Å². The molecule has 4 aliphatic heterocycles. The zero-order chi connectivity index (χ0) is 44.1. The van der Waals surface area contributed by atoms with Crippen molar-refractivity contribution in [2.24, 2.45) is 5.92 Å². The van der Waals surface area contributed by atoms with Crippen molar-refractivity contribution in [2.45, 2.75) is 139 Å². The van der Waals surface area contributed by atoms with Crippen molar-refractivity contribution in [3.63, 3.8) is 0 Å². The quantitative estimate of drug-likeness (QED) is 0.321. The SMILES string of the molecule is Cc1nc2ccc(OCCN3CCOCC3)cc2c2c1O[C@]1(CC2)C[C@H]2C(=O)N[C@]3(C(=O)NS(=O)(=O)C4(C)CC4)C[C@H]3/C=C\CCCCC[C@H](NC(=O)OC(C)(C)C)C(=O)N2C1. The van der Waals surface area contributed by atoms with E-state index in [1.54, 1.807) is 27.7 Å². The first-order valence-corrected chi connectivity index (χ1v) is 23.8. The van der Waals surface area contributed by atoms with Crippen LogP contribution >= 0.6 is 0 Å². The number of allylic oxidation sites excluding steroid dienone is 1. The number of ether oxygens (including phenoxy) is 4. The lowest BCUT2D eigenvalue weighted by molar-refractivity contribution is -0.141. The lowest BCUT2D eigenvalue weighted by Crippen LogP contribution is -2.58. The number of hydrogen-bond acceptors (Lipinski definition) is 12. The smallest absolute Gasteiger partial charge is 0.408 e. The molecule has 1 aromatic heterocycles. The number of aromatic nitrogens is 1. The zero-order valence-corrected chi connectivity index (χ0v) is 37.5. The summed E-state index contributed by atoms with van der Waals surface area (Å²) < 4.78 is 52.1. The largest absolute Gasteiger partial charge is 0.492 e. The molecule has 5 heterocycles. The van der Waals surface area contributed by atoms with Crippen LogP contribution in [0.25, 0.3) is 10.9 Å². The van der Waals surface area contributed by atoms with Crippen molar-refractivity contribution in [1.82, 2.24) is 30.1 Å². The molecule has 1 aromatic carbocycles. The highest BCUT2D eigenvalue weighted by atomic mass is 32.2. The predicted octanol–water partition coefficient (Wildman–Crippen LogP) is 4.21. The van der Waals surface area contributed by atoms with E-state index in [1.165, 1.54) is 4.90 Å². The number of morpholine rings is 1. The number of nitrogens with one attached hydrogen (secondary N) is 3. The number of alkyl carbamates (subject to hydrolysis) is 1. The number of carbonyl (C=O) groups is 4. The molecule has 1 spiro atoms. The highest BCUT2D eigenvalue weighted by molar-refractivity contribution is 7.91. The second-order valence-electron chi connectivity index (χ2n) is 19.4. The first-order valence-electron chi connectivity index (χ1n) is 22.3. The second kappa shape index (κ2) is 16.9. The number of hydrogen-bond donors (Lipinski definition) is 3. The Kier molecular flexibility index (Phi) is 12.0. The van der Waals surface area contributed by atoms with Crippen LogP contribution in [0.2, 0.25) is 0 Å². The third kappa shape index (κ3) is 9.26. The fraction of sp³-hybridized carbons (Fsp3) is 0.667. The van der Waals surface area contributed by atoms with E-state index in [9.17, 15) is 27.6 Å². The Morgan fingerprint density at radius 3 is 2.58 bits per heavy atom. The predicted molar refractivity (Wildman–Crippen MR) is 230 cm³/mol. The lowest BCUT2D eigenvalue weighted by Gasteiger charge is -2.37. The summed E-state index contributed by atoms with van der Waals surface area (Å²) in [7, 11) is -4.00. The van der Waals surface area contributed by atoms with Crippen molar-refractivity contribution in [1.29, 1.82) is 0 Å². The number of fused-ring (bicyclic) bond motifs is 5. The molecule has 338 valence electrons. The molecule has 17 heteroatoms. The molecule has 0 unspecified atom stereocenters. The summed E-state index contributed by atoms with van der Waals surface area (Å²) in [6.45, 7) is 13.3. The summed E-state index contributed by atoms with van der Waals surface area (Å²) in [5, 5.41) is 6.68. The molecule has 2 aromatic rings. The molecular formula is C45H62N6O10S. The van der Waals surface area contributed by atoms with Gasteiger partial charge in [0.2, 0.25) is 21.8 Å². The normalized spacial score (nSPS) is 29.4. The molecule has 16 nitrogen and oxygen atoms in total. The van der Waals surface area contributed by atoms with Crippen LogP contribution in [0.5, 0.6) is 11.5 Å². The summed E-state index contributed by atoms with van der Waals surface area (Å²) in [4.78, 5) is 65.6. The maximum absolute atomic E-state index is 14.9. The summed E-state index contributed by atoms with van der Waals surface area (Å²) in [6, 6.07) is 3.76. The van der Waals surface area contributed by atoms with E-state index < -0.39 is 73.3 Å². The molecule has 2 saturated carbocycles. The Balaban J connectivity index is 1.09. The topological polar surface area (TPSA) is 195 Å². The number of sulfonamides is 1. The van der Waals surface area contributed by atoms with Crippen LogP contribution in [-0.4, -0.2) is 127 Å². The van der Waals surface area contributed by atoms with Gasteiger partial charge in [0.1, 0.15) is 46.9 Å². The molecule has 4 amide bonds. The van der Waals surface area contributed by atoms with E-state index in [2.05, 4.69) is 20.3 Å². The summed E-state index contributed by atoms with van der Waals surface area (Å²) in [5.41, 5.74) is -0.899. The van der Waals surface area contributed by atoms with Gasteiger partial charge in [-0.15, -0.1) is 0 Å². The van der Waals surface area contributed by atoms with E-state index in [0.717, 1.165) is 67.9 Å². The fourth-order valence-electron chi connectivity index (χ4n) is 9.33. The maximum Gasteiger partial charge on any atom is 0.408 e. The van der Waals surface area contributed by atoms with Crippen molar-refractivity contribution >= 4 is 44.7 Å². The van der Waals surface area contributed by atoms with Gasteiger partial charge in [-0.1, -0.05) is 25.0 Å². The molecule has 5 atom stereocenters. The highest BCUT2D eigenvalue weighted by Crippen LogP contribution is 2.49. The van der Waals surface area contributed by atoms with Gasteiger partial charge >= 0.3 is 6.09 Å². The number of nitrogens with zero attached hydrogens (tertiary/aromatic N) is 3. The standard InChI is InChI=1S/C45H62N6O10S/c1-29-37-32(33-25-31(13-14-34(33)46-29)59-24-21-50-19-22-58-23-20-50)15-16-44(60-37)27-36-38(52)48-45(40(54)49-62(56,57)43(5)17-18-43)26-30(45)11-9-7-6-8-10-12-35(39(53)51(36)28-44)47-41(55)61-42(2,3)4/h9,11,13-14,25,30,35-36H,6-8,10,12,15-24,26-28H2,1-5H3,(H,47,55)(H,48,52)(H,49,54)/b11-9-/t30-,35+,36+,44-,45-/m1/s1. The average molecular weight is 879 g/mol. The van der Waals surface area contributed by atoms with Crippen molar-refractivity contribution in [3.8, 4) is 11.5 Å². The van der Waals surface area contributed by atoms with E-state index in [-0.39, 0.29) is 19.4 Å². The molecule has 2 saturated heterocycles. The Morgan fingerprint density at radius 2 is 1.84 bits per heavy atom. The number of rotatable bonds is 8. The van der Waals surface area contributed by atoms with E-state index in [1.807, 2.05) is 37.3 Å². The van der Waals surface area contributed by atoms with Crippen molar-refractivity contribution in [2.75, 3.05) is 46.0 Å². The second-order valence-corrected chi connectivity index (χ2v) is 21.6. The number of pyridine rings is 1. The van der Waals surface area contributed by atoms with Gasteiger partial charge in [-0.3, -0.25) is 24.0 Å². The summed E-state index contributed by atoms with van der Waals surface area (Å²) in [5.74, 6) is -0.958. The molecule has 2 aliphatic carbocycles. The minimum Gasteiger partial charge on any atom is -0.492 e. The van der Waals surface area contributed by atoms with Crippen LogP contribution in [-0.2, 0) is 40.3 Å². The molecular weight excluding hydrogens is 817 g/mol. The van der Waals surface area contributed by atoms with Crippen molar-refractivity contribution in [3.05, 3.63) is 41.6 Å². The monoisotopic (exact) mass is 878 g/mol. The fourth-order valence-corrected chi connectivity index (χ4v) is 10.6. The summed E-state index contributed by atoms with van der Waals surface area (Å²) in [6.07, 6.45) is 8.54. The molecule has 4 fully saturated rings. The van der Waals surface area contributed by atoms with Crippen LogP contribution < -0.4 is 24.8 Å². The maximum atomic E-state index is 14.9. The summed E-state index contributed by atoms with van der Waals surface area (Å²) >= 11 is 0. The minimum atomic E-state index is -4.00. The number of amides is 4. The Hall–Kier alpha value is -4.48. The highest BCUT2D eigenvalue weighted by Gasteiger charge is 2.64. The van der Waals surface area contributed by atoms with Gasteiger partial charge in [-0.25, -0.2) is 18.2 Å². The molecule has 3 N–H and O–H groups in total. The Morgan fingerprint density at radius 1 is 1.06 bits per heavy atom. The molecule has 62 heavy (non-hydrogen) atoms. The third-order valence-corrected chi connectivity index (χ3v) is 15.6. The molecule has 0 bridgehead atoms.